The average molecular weight is 264 g/mol. The van der Waals surface area contributed by atoms with E-state index in [1.165, 1.54) is 18.4 Å². The van der Waals surface area contributed by atoms with Crippen molar-refractivity contribution >= 4 is 0 Å². The van der Waals surface area contributed by atoms with Gasteiger partial charge >= 0.3 is 0 Å². The van der Waals surface area contributed by atoms with Gasteiger partial charge in [-0.05, 0) is 24.2 Å². The topological polar surface area (TPSA) is 38.1 Å². The Balaban J connectivity index is 2.12. The molecule has 0 aliphatic heterocycles. The van der Waals surface area contributed by atoms with Gasteiger partial charge in [0.25, 0.3) is 0 Å². The minimum Gasteiger partial charge on any atom is -0.361 e. The van der Waals surface area contributed by atoms with Gasteiger partial charge in [-0.25, -0.2) is 0 Å². The molecule has 0 spiro atoms. The molecular formula is C16H28N2O. The van der Waals surface area contributed by atoms with Crippen LogP contribution in [0.4, 0.5) is 0 Å². The number of hydrogen-bond donors (Lipinski definition) is 1. The van der Waals surface area contributed by atoms with E-state index in [-0.39, 0.29) is 0 Å². The van der Waals surface area contributed by atoms with Crippen molar-refractivity contribution in [2.45, 2.75) is 72.9 Å². The number of aryl methyl sites for hydroxylation is 1. The average Bonchev–Trinajstić information content (AvgIpc) is 2.78. The first-order valence-electron chi connectivity index (χ1n) is 7.63. The molecule has 108 valence electrons. The van der Waals surface area contributed by atoms with E-state index in [0.29, 0.717) is 11.5 Å². The predicted molar refractivity (Wildman–Crippen MR) is 78.1 cm³/mol. The van der Waals surface area contributed by atoms with Gasteiger partial charge in [0.15, 0.2) is 0 Å². The van der Waals surface area contributed by atoms with Gasteiger partial charge in [0.2, 0.25) is 0 Å². The van der Waals surface area contributed by atoms with Gasteiger partial charge in [0.1, 0.15) is 11.5 Å². The van der Waals surface area contributed by atoms with E-state index >= 15 is 0 Å². The van der Waals surface area contributed by atoms with E-state index < -0.39 is 0 Å². The number of hydrogen-bond acceptors (Lipinski definition) is 3. The maximum atomic E-state index is 5.52. The molecule has 1 heterocycles. The van der Waals surface area contributed by atoms with Crippen LogP contribution in [0.2, 0.25) is 0 Å². The van der Waals surface area contributed by atoms with Crippen molar-refractivity contribution < 1.29 is 4.52 Å². The lowest BCUT2D eigenvalue weighted by molar-refractivity contribution is 0.176. The summed E-state index contributed by atoms with van der Waals surface area (Å²) in [5, 5.41) is 7.72. The first-order valence-corrected chi connectivity index (χ1v) is 7.63. The Morgan fingerprint density at radius 3 is 2.79 bits per heavy atom. The minimum absolute atomic E-state index is 0.414. The van der Waals surface area contributed by atoms with Gasteiger partial charge in [0, 0.05) is 24.6 Å². The van der Waals surface area contributed by atoms with E-state index in [9.17, 15) is 0 Å². The van der Waals surface area contributed by atoms with Crippen molar-refractivity contribution in [1.29, 1.82) is 0 Å². The molecule has 19 heavy (non-hydrogen) atoms. The van der Waals surface area contributed by atoms with Gasteiger partial charge in [-0.2, -0.15) is 0 Å². The molecule has 0 saturated heterocycles. The largest absolute Gasteiger partial charge is 0.361 e. The van der Waals surface area contributed by atoms with Crippen LogP contribution in [0.25, 0.3) is 0 Å². The fraction of sp³-hybridized carbons (Fsp3) is 0.812. The van der Waals surface area contributed by atoms with Crippen LogP contribution < -0.4 is 5.32 Å². The van der Waals surface area contributed by atoms with E-state index in [1.807, 2.05) is 0 Å². The summed E-state index contributed by atoms with van der Waals surface area (Å²) >= 11 is 0. The summed E-state index contributed by atoms with van der Waals surface area (Å²) in [6.45, 7) is 12.2. The third-order valence-electron chi connectivity index (χ3n) is 4.82. The quantitative estimate of drug-likeness (QED) is 0.881. The Hall–Kier alpha value is -0.830. The molecule has 3 nitrogen and oxygen atoms in total. The van der Waals surface area contributed by atoms with Crippen LogP contribution in [0.3, 0.4) is 0 Å². The molecule has 3 heteroatoms. The summed E-state index contributed by atoms with van der Waals surface area (Å²) in [6.07, 6.45) is 4.66. The highest BCUT2D eigenvalue weighted by Crippen LogP contribution is 2.40. The third-order valence-corrected chi connectivity index (χ3v) is 4.82. The highest BCUT2D eigenvalue weighted by Gasteiger charge is 2.34. The number of fused-ring (bicyclic) bond motifs is 1. The smallest absolute Gasteiger partial charge is 0.140 e. The second-order valence-electron chi connectivity index (χ2n) is 6.85. The predicted octanol–water partition coefficient (Wildman–Crippen LogP) is 3.71. The van der Waals surface area contributed by atoms with E-state index in [1.54, 1.807) is 0 Å². The van der Waals surface area contributed by atoms with Crippen molar-refractivity contribution in [2.24, 2.45) is 11.3 Å². The molecule has 1 aromatic rings. The molecule has 1 aliphatic rings. The molecule has 1 atom stereocenters. The van der Waals surface area contributed by atoms with Gasteiger partial charge in [0.05, 0.1) is 0 Å². The molecule has 0 aromatic carbocycles. The maximum Gasteiger partial charge on any atom is 0.140 e. The Bertz CT molecular complexity index is 420. The van der Waals surface area contributed by atoms with E-state index in [0.717, 1.165) is 36.8 Å². The van der Waals surface area contributed by atoms with Gasteiger partial charge in [-0.15, -0.1) is 0 Å². The summed E-state index contributed by atoms with van der Waals surface area (Å²) < 4.78 is 5.52. The zero-order chi connectivity index (χ0) is 14.0. The first-order chi connectivity index (χ1) is 8.94. The van der Waals surface area contributed by atoms with E-state index in [2.05, 4.69) is 45.1 Å². The second kappa shape index (κ2) is 5.66. The van der Waals surface area contributed by atoms with Crippen molar-refractivity contribution in [1.82, 2.24) is 10.5 Å². The zero-order valence-corrected chi connectivity index (χ0v) is 13.0. The van der Waals surface area contributed by atoms with Gasteiger partial charge < -0.3 is 9.84 Å². The first kappa shape index (κ1) is 14.6. The highest BCUT2D eigenvalue weighted by atomic mass is 16.5. The fourth-order valence-electron chi connectivity index (χ4n) is 2.86. The Kier molecular flexibility index (Phi) is 4.34. The zero-order valence-electron chi connectivity index (χ0n) is 13.0. The number of aromatic nitrogens is 1. The maximum absolute atomic E-state index is 5.52. The van der Waals surface area contributed by atoms with Crippen LogP contribution in [-0.2, 0) is 19.4 Å². The van der Waals surface area contributed by atoms with Crippen molar-refractivity contribution in [2.75, 3.05) is 0 Å². The Morgan fingerprint density at radius 1 is 1.42 bits per heavy atom. The van der Waals surface area contributed by atoms with Crippen LogP contribution in [0.15, 0.2) is 4.52 Å². The molecular weight excluding hydrogens is 236 g/mol. The van der Waals surface area contributed by atoms with Crippen LogP contribution in [-0.4, -0.2) is 11.2 Å². The lowest BCUT2D eigenvalue weighted by atomic mass is 9.69. The molecule has 0 bridgehead atoms. The number of nitrogens with zero attached hydrogens (tertiary/aromatic N) is 1. The molecule has 1 aromatic heterocycles. The van der Waals surface area contributed by atoms with Crippen molar-refractivity contribution in [3.8, 4) is 0 Å². The molecule has 0 fully saturated rings. The van der Waals surface area contributed by atoms with Gasteiger partial charge in [-0.3, -0.25) is 0 Å². The van der Waals surface area contributed by atoms with Crippen LogP contribution in [0.5, 0.6) is 0 Å². The molecule has 2 rings (SSSR count). The SMILES string of the molecule is CCC(C)(C)C1CCc2onc(CNC(C)C)c2C1. The Morgan fingerprint density at radius 2 is 2.16 bits per heavy atom. The second-order valence-corrected chi connectivity index (χ2v) is 6.85. The summed E-state index contributed by atoms with van der Waals surface area (Å²) in [5.41, 5.74) is 2.92. The molecule has 1 N–H and O–H groups in total. The molecule has 1 unspecified atom stereocenters. The fourth-order valence-corrected chi connectivity index (χ4v) is 2.86. The van der Waals surface area contributed by atoms with E-state index in [4.69, 9.17) is 4.52 Å². The Labute approximate surface area is 117 Å². The lowest BCUT2D eigenvalue weighted by Crippen LogP contribution is -2.29. The molecule has 0 radical (unpaired) electrons. The standard InChI is InChI=1S/C16H28N2O/c1-6-16(4,5)12-7-8-15-13(9-12)14(18-19-15)10-17-11(2)3/h11-12,17H,6-10H2,1-5H3. The van der Waals surface area contributed by atoms with Crippen molar-refractivity contribution in [3.63, 3.8) is 0 Å². The monoisotopic (exact) mass is 264 g/mol. The van der Waals surface area contributed by atoms with Crippen LogP contribution in [0, 0.1) is 11.3 Å². The highest BCUT2D eigenvalue weighted by molar-refractivity contribution is 5.26. The number of rotatable bonds is 5. The van der Waals surface area contributed by atoms with Crippen molar-refractivity contribution in [3.05, 3.63) is 17.0 Å². The lowest BCUT2D eigenvalue weighted by Gasteiger charge is -2.35. The van der Waals surface area contributed by atoms with Crippen LogP contribution in [0.1, 0.15) is 64.5 Å². The summed E-state index contributed by atoms with van der Waals surface area (Å²) in [7, 11) is 0. The summed E-state index contributed by atoms with van der Waals surface area (Å²) in [5.74, 6) is 1.88. The minimum atomic E-state index is 0.414. The third kappa shape index (κ3) is 3.19. The summed E-state index contributed by atoms with van der Waals surface area (Å²) in [4.78, 5) is 0. The summed E-state index contributed by atoms with van der Waals surface area (Å²) in [6, 6.07) is 0.485. The number of nitrogens with one attached hydrogen (secondary N) is 1. The molecule has 0 amide bonds. The van der Waals surface area contributed by atoms with Gasteiger partial charge in [-0.1, -0.05) is 46.2 Å². The van der Waals surface area contributed by atoms with Crippen LogP contribution >= 0.6 is 0 Å². The normalized spacial score (nSPS) is 19.8. The molecule has 0 saturated carbocycles. The molecule has 1 aliphatic carbocycles.